The Hall–Kier alpha value is -2.93. The first-order valence-electron chi connectivity index (χ1n) is 10.9. The van der Waals surface area contributed by atoms with Gasteiger partial charge in [0.2, 0.25) is 9.84 Å². The monoisotopic (exact) mass is 452 g/mol. The number of sulfone groups is 1. The second kappa shape index (κ2) is 8.90. The number of pyridine rings is 1. The van der Waals surface area contributed by atoms with Crippen molar-refractivity contribution in [2.45, 2.75) is 43.4 Å². The van der Waals surface area contributed by atoms with Crippen LogP contribution in [0.2, 0.25) is 0 Å². The summed E-state index contributed by atoms with van der Waals surface area (Å²) in [6, 6.07) is 12.8. The molecule has 0 amide bonds. The van der Waals surface area contributed by atoms with Gasteiger partial charge in [-0.1, -0.05) is 24.3 Å². The van der Waals surface area contributed by atoms with E-state index in [0.29, 0.717) is 38.2 Å². The average molecular weight is 453 g/mol. The van der Waals surface area contributed by atoms with Crippen LogP contribution in [0.25, 0.3) is 10.9 Å². The number of carbonyl (C=O) groups excluding carboxylic acids is 1. The molecule has 0 N–H and O–H groups in total. The molecule has 168 valence electrons. The molecule has 0 atom stereocenters. The van der Waals surface area contributed by atoms with Crippen molar-refractivity contribution in [1.82, 2.24) is 4.98 Å². The molecule has 0 bridgehead atoms. The Morgan fingerprint density at radius 3 is 2.50 bits per heavy atom. The summed E-state index contributed by atoms with van der Waals surface area (Å²) >= 11 is 0. The van der Waals surface area contributed by atoms with Gasteiger partial charge in [-0.15, -0.1) is 0 Å². The molecule has 1 aliphatic rings. The quantitative estimate of drug-likeness (QED) is 0.532. The fourth-order valence-electron chi connectivity index (χ4n) is 4.24. The first-order valence-corrected chi connectivity index (χ1v) is 12.4. The molecule has 3 aromatic rings. The van der Waals surface area contributed by atoms with E-state index >= 15 is 0 Å². The van der Waals surface area contributed by atoms with Crippen molar-refractivity contribution in [3.8, 4) is 0 Å². The van der Waals surface area contributed by atoms with Gasteiger partial charge in [0.25, 0.3) is 0 Å². The molecule has 2 heterocycles. The maximum atomic E-state index is 13.7. The maximum absolute atomic E-state index is 13.7. The number of ether oxygens (including phenoxy) is 1. The number of rotatable bonds is 5. The number of hydrogen-bond donors (Lipinski definition) is 0. The van der Waals surface area contributed by atoms with Gasteiger partial charge in [0, 0.05) is 24.7 Å². The largest absolute Gasteiger partial charge is 0.466 e. The molecule has 2 aromatic carbocycles. The lowest BCUT2D eigenvalue weighted by atomic mass is 9.96. The van der Waals surface area contributed by atoms with Crippen LogP contribution in [-0.4, -0.2) is 39.1 Å². The molecule has 0 aliphatic carbocycles. The lowest BCUT2D eigenvalue weighted by Gasteiger charge is -2.34. The molecule has 1 fully saturated rings. The number of aryl methyl sites for hydroxylation is 2. The number of nitrogens with zero attached hydrogens (tertiary/aromatic N) is 2. The Morgan fingerprint density at radius 2 is 1.81 bits per heavy atom. The number of hydrogen-bond acceptors (Lipinski definition) is 6. The minimum Gasteiger partial charge on any atom is -0.466 e. The maximum Gasteiger partial charge on any atom is 0.309 e. The Morgan fingerprint density at radius 1 is 1.09 bits per heavy atom. The number of aromatic nitrogens is 1. The summed E-state index contributed by atoms with van der Waals surface area (Å²) in [7, 11) is -3.78. The first-order chi connectivity index (χ1) is 15.3. The molecular weight excluding hydrogens is 424 g/mol. The Labute approximate surface area is 189 Å². The first kappa shape index (κ1) is 22.3. The van der Waals surface area contributed by atoms with E-state index in [1.165, 1.54) is 6.20 Å². The van der Waals surface area contributed by atoms with Gasteiger partial charge in [0.15, 0.2) is 0 Å². The van der Waals surface area contributed by atoms with Crippen molar-refractivity contribution in [2.75, 3.05) is 24.6 Å². The topological polar surface area (TPSA) is 76.6 Å². The third-order valence-electron chi connectivity index (χ3n) is 6.22. The van der Waals surface area contributed by atoms with Crippen LogP contribution in [0.5, 0.6) is 0 Å². The van der Waals surface area contributed by atoms with Crippen molar-refractivity contribution in [3.63, 3.8) is 0 Å². The highest BCUT2D eigenvalue weighted by Crippen LogP contribution is 2.38. The van der Waals surface area contributed by atoms with E-state index in [4.69, 9.17) is 4.74 Å². The zero-order chi connectivity index (χ0) is 22.9. The second-order valence-corrected chi connectivity index (χ2v) is 10.2. The van der Waals surface area contributed by atoms with E-state index in [-0.39, 0.29) is 21.7 Å². The number of piperidine rings is 1. The van der Waals surface area contributed by atoms with Crippen LogP contribution < -0.4 is 4.90 Å². The summed E-state index contributed by atoms with van der Waals surface area (Å²) in [4.78, 5) is 19.2. The summed E-state index contributed by atoms with van der Waals surface area (Å²) in [6.45, 7) is 7.20. The van der Waals surface area contributed by atoms with Crippen LogP contribution in [-0.2, 0) is 19.4 Å². The van der Waals surface area contributed by atoms with Crippen molar-refractivity contribution >= 4 is 32.4 Å². The van der Waals surface area contributed by atoms with Gasteiger partial charge in [-0.25, -0.2) is 8.42 Å². The van der Waals surface area contributed by atoms with Gasteiger partial charge >= 0.3 is 5.97 Å². The summed E-state index contributed by atoms with van der Waals surface area (Å²) in [6.07, 6.45) is 2.72. The van der Waals surface area contributed by atoms with Crippen LogP contribution >= 0.6 is 0 Å². The number of anilines is 1. The highest BCUT2D eigenvalue weighted by molar-refractivity contribution is 7.91. The summed E-state index contributed by atoms with van der Waals surface area (Å²) in [5.41, 5.74) is 3.38. The average Bonchev–Trinajstić information content (AvgIpc) is 2.80. The fraction of sp³-hybridized carbons (Fsp3) is 0.360. The van der Waals surface area contributed by atoms with Gasteiger partial charge in [0.1, 0.15) is 4.90 Å². The van der Waals surface area contributed by atoms with Crippen LogP contribution in [0.15, 0.2) is 58.5 Å². The molecule has 0 radical (unpaired) electrons. The number of carbonyl (C=O) groups is 1. The summed E-state index contributed by atoms with van der Waals surface area (Å²) in [5.74, 6) is -0.325. The third-order valence-corrected chi connectivity index (χ3v) is 7.98. The highest BCUT2D eigenvalue weighted by atomic mass is 32.2. The van der Waals surface area contributed by atoms with Crippen LogP contribution in [0.1, 0.15) is 30.9 Å². The lowest BCUT2D eigenvalue weighted by molar-refractivity contribution is -0.148. The molecular formula is C25H28N2O4S. The minimum absolute atomic E-state index is 0.154. The van der Waals surface area contributed by atoms with Gasteiger partial charge in [-0.2, -0.15) is 0 Å². The van der Waals surface area contributed by atoms with Gasteiger partial charge < -0.3 is 9.64 Å². The van der Waals surface area contributed by atoms with E-state index in [0.717, 1.165) is 22.0 Å². The SMILES string of the molecule is CCOC(=O)C1CCN(c2c(S(=O)(=O)c3ccc(C)c(C)c3)cnc3ccccc23)CC1. The molecule has 1 saturated heterocycles. The zero-order valence-electron chi connectivity index (χ0n) is 18.7. The fourth-order valence-corrected chi connectivity index (χ4v) is 5.76. The van der Waals surface area contributed by atoms with Crippen molar-refractivity contribution in [1.29, 1.82) is 0 Å². The second-order valence-electron chi connectivity index (χ2n) is 8.25. The normalized spacial score (nSPS) is 15.2. The van der Waals surface area contributed by atoms with Gasteiger partial charge in [0.05, 0.1) is 28.6 Å². The van der Waals surface area contributed by atoms with Crippen molar-refractivity contribution in [3.05, 3.63) is 59.8 Å². The molecule has 0 saturated carbocycles. The Kier molecular flexibility index (Phi) is 6.20. The number of esters is 1. The summed E-state index contributed by atoms with van der Waals surface area (Å²) < 4.78 is 32.6. The van der Waals surface area contributed by atoms with Gasteiger partial charge in [-0.3, -0.25) is 9.78 Å². The van der Waals surface area contributed by atoms with Gasteiger partial charge in [-0.05, 0) is 62.9 Å². The lowest BCUT2D eigenvalue weighted by Crippen LogP contribution is -2.37. The number of benzene rings is 2. The smallest absolute Gasteiger partial charge is 0.309 e. The zero-order valence-corrected chi connectivity index (χ0v) is 19.5. The third kappa shape index (κ3) is 4.09. The van der Waals surface area contributed by atoms with E-state index in [9.17, 15) is 13.2 Å². The number of para-hydroxylation sites is 1. The predicted octanol–water partition coefficient (Wildman–Crippen LogP) is 4.46. The van der Waals surface area contributed by atoms with Crippen molar-refractivity contribution in [2.24, 2.45) is 5.92 Å². The minimum atomic E-state index is -3.78. The van der Waals surface area contributed by atoms with Crippen LogP contribution in [0, 0.1) is 19.8 Å². The standard InChI is InChI=1S/C25H28N2O4S/c1-4-31-25(28)19-11-13-27(14-12-19)24-21-7-5-6-8-22(21)26-16-23(24)32(29,30)20-10-9-17(2)18(3)15-20/h5-10,15-16,19H,4,11-14H2,1-3H3. The van der Waals surface area contributed by atoms with Crippen molar-refractivity contribution < 1.29 is 17.9 Å². The molecule has 0 spiro atoms. The Bertz CT molecular complexity index is 1260. The van der Waals surface area contributed by atoms with E-state index in [1.807, 2.05) is 44.2 Å². The van der Waals surface area contributed by atoms with E-state index < -0.39 is 9.84 Å². The molecule has 1 aromatic heterocycles. The Balaban J connectivity index is 1.79. The van der Waals surface area contributed by atoms with E-state index in [2.05, 4.69) is 9.88 Å². The molecule has 1 aliphatic heterocycles. The molecule has 4 rings (SSSR count). The number of fused-ring (bicyclic) bond motifs is 1. The van der Waals surface area contributed by atoms with Crippen LogP contribution in [0.3, 0.4) is 0 Å². The van der Waals surface area contributed by atoms with E-state index in [1.54, 1.807) is 19.1 Å². The molecule has 0 unspecified atom stereocenters. The predicted molar refractivity (Wildman–Crippen MR) is 125 cm³/mol. The molecule has 7 heteroatoms. The van der Waals surface area contributed by atoms with Crippen LogP contribution in [0.4, 0.5) is 5.69 Å². The molecule has 32 heavy (non-hydrogen) atoms. The summed E-state index contributed by atoms with van der Waals surface area (Å²) in [5, 5.41) is 0.798. The molecule has 6 nitrogen and oxygen atoms in total. The highest BCUT2D eigenvalue weighted by Gasteiger charge is 2.31.